The highest BCUT2D eigenvalue weighted by Gasteiger charge is 2.25. The molecule has 1 aliphatic rings. The van der Waals surface area contributed by atoms with Crippen molar-refractivity contribution in [1.29, 1.82) is 0 Å². The van der Waals surface area contributed by atoms with Crippen LogP contribution in [-0.2, 0) is 11.3 Å². The monoisotopic (exact) mass is 263 g/mol. The normalized spacial score (nSPS) is 20.2. The predicted molar refractivity (Wildman–Crippen MR) is 73.4 cm³/mol. The van der Waals surface area contributed by atoms with E-state index in [4.69, 9.17) is 9.84 Å². The third-order valence-corrected chi connectivity index (χ3v) is 3.73. The Labute approximate surface area is 114 Å². The van der Waals surface area contributed by atoms with E-state index in [1.54, 1.807) is 7.11 Å². The largest absolute Gasteiger partial charge is 0.496 e. The van der Waals surface area contributed by atoms with Crippen LogP contribution >= 0.6 is 0 Å². The van der Waals surface area contributed by atoms with E-state index >= 15 is 0 Å². The lowest BCUT2D eigenvalue weighted by atomic mass is 9.98. The summed E-state index contributed by atoms with van der Waals surface area (Å²) in [6.45, 7) is 4.43. The smallest absolute Gasteiger partial charge is 0.307 e. The van der Waals surface area contributed by atoms with Gasteiger partial charge in [-0.15, -0.1) is 0 Å². The fraction of sp³-hybridized carbons (Fsp3) is 0.533. The lowest BCUT2D eigenvalue weighted by Gasteiger charge is -2.30. The molecule has 1 aromatic rings. The van der Waals surface area contributed by atoms with Crippen molar-refractivity contribution in [3.05, 3.63) is 29.3 Å². The van der Waals surface area contributed by atoms with Crippen LogP contribution in [0.1, 0.15) is 24.0 Å². The van der Waals surface area contributed by atoms with Gasteiger partial charge >= 0.3 is 5.97 Å². The topological polar surface area (TPSA) is 49.8 Å². The molecule has 0 bridgehead atoms. The third-order valence-electron chi connectivity index (χ3n) is 3.73. The van der Waals surface area contributed by atoms with Gasteiger partial charge in [0.1, 0.15) is 5.75 Å². The highest BCUT2D eigenvalue weighted by Crippen LogP contribution is 2.22. The Kier molecular flexibility index (Phi) is 4.43. The first kappa shape index (κ1) is 13.9. The molecule has 0 saturated carbocycles. The number of piperidine rings is 1. The van der Waals surface area contributed by atoms with Crippen LogP contribution in [0.3, 0.4) is 0 Å². The Morgan fingerprint density at radius 1 is 1.53 bits per heavy atom. The molecule has 0 aromatic heterocycles. The van der Waals surface area contributed by atoms with E-state index in [0.717, 1.165) is 37.2 Å². The number of likely N-dealkylation sites (tertiary alicyclic amines) is 1. The molecule has 2 rings (SSSR count). The van der Waals surface area contributed by atoms with Crippen molar-refractivity contribution in [2.75, 3.05) is 20.2 Å². The number of rotatable bonds is 4. The number of aliphatic carboxylic acids is 1. The molecule has 1 heterocycles. The second-order valence-corrected chi connectivity index (χ2v) is 5.22. The Morgan fingerprint density at radius 3 is 3.00 bits per heavy atom. The number of carboxylic acid groups (broad SMARTS) is 1. The maximum atomic E-state index is 11.1. The summed E-state index contributed by atoms with van der Waals surface area (Å²) >= 11 is 0. The average molecular weight is 263 g/mol. The van der Waals surface area contributed by atoms with Crippen LogP contribution < -0.4 is 4.74 Å². The van der Waals surface area contributed by atoms with Gasteiger partial charge in [-0.25, -0.2) is 0 Å². The van der Waals surface area contributed by atoms with Gasteiger partial charge in [0, 0.05) is 13.1 Å². The summed E-state index contributed by atoms with van der Waals surface area (Å²) in [6, 6.07) is 6.18. The fourth-order valence-corrected chi connectivity index (χ4v) is 2.62. The van der Waals surface area contributed by atoms with E-state index in [2.05, 4.69) is 11.0 Å². The molecular formula is C15H21NO3. The number of carbonyl (C=O) groups is 1. The molecule has 0 amide bonds. The van der Waals surface area contributed by atoms with Crippen molar-refractivity contribution >= 4 is 5.97 Å². The van der Waals surface area contributed by atoms with Gasteiger partial charge in [0.05, 0.1) is 13.0 Å². The number of hydrogen-bond donors (Lipinski definition) is 1. The summed E-state index contributed by atoms with van der Waals surface area (Å²) in [7, 11) is 1.67. The molecule has 1 atom stereocenters. The van der Waals surface area contributed by atoms with Crippen molar-refractivity contribution in [3.63, 3.8) is 0 Å². The number of carboxylic acids is 1. The van der Waals surface area contributed by atoms with Crippen LogP contribution in [0.25, 0.3) is 0 Å². The minimum atomic E-state index is -0.675. The van der Waals surface area contributed by atoms with E-state index in [-0.39, 0.29) is 5.92 Å². The standard InChI is InChI=1S/C15H21NO3/c1-11-5-6-12(8-14(11)19-2)9-16-7-3-4-13(10-16)15(17)18/h5-6,8,13H,3-4,7,9-10H2,1-2H3,(H,17,18). The molecule has 1 aliphatic heterocycles. The number of ether oxygens (including phenoxy) is 1. The Morgan fingerprint density at radius 2 is 2.32 bits per heavy atom. The van der Waals surface area contributed by atoms with E-state index in [1.165, 1.54) is 5.56 Å². The molecule has 104 valence electrons. The molecule has 0 radical (unpaired) electrons. The molecule has 19 heavy (non-hydrogen) atoms. The zero-order valence-corrected chi connectivity index (χ0v) is 11.6. The van der Waals surface area contributed by atoms with Gasteiger partial charge < -0.3 is 9.84 Å². The summed E-state index contributed by atoms with van der Waals surface area (Å²) in [5.74, 6) is -0.00317. The van der Waals surface area contributed by atoms with Crippen LogP contribution in [0.2, 0.25) is 0 Å². The SMILES string of the molecule is COc1cc(CN2CCCC(C(=O)O)C2)ccc1C. The minimum absolute atomic E-state index is 0.221. The Balaban J connectivity index is 2.02. The van der Waals surface area contributed by atoms with Gasteiger partial charge in [-0.05, 0) is 43.5 Å². The number of nitrogens with zero attached hydrogens (tertiary/aromatic N) is 1. The first-order chi connectivity index (χ1) is 9.10. The van der Waals surface area contributed by atoms with Crippen LogP contribution in [0.15, 0.2) is 18.2 Å². The van der Waals surface area contributed by atoms with E-state index in [9.17, 15) is 4.79 Å². The van der Waals surface area contributed by atoms with Gasteiger partial charge in [-0.1, -0.05) is 12.1 Å². The highest BCUT2D eigenvalue weighted by molar-refractivity contribution is 5.70. The first-order valence-corrected chi connectivity index (χ1v) is 6.69. The van der Waals surface area contributed by atoms with Gasteiger partial charge in [-0.2, -0.15) is 0 Å². The number of aryl methyl sites for hydroxylation is 1. The predicted octanol–water partition coefficient (Wildman–Crippen LogP) is 2.30. The van der Waals surface area contributed by atoms with Gasteiger partial charge in [0.25, 0.3) is 0 Å². The maximum Gasteiger partial charge on any atom is 0.307 e. The molecule has 4 nitrogen and oxygen atoms in total. The molecule has 1 saturated heterocycles. The van der Waals surface area contributed by atoms with E-state index in [0.29, 0.717) is 6.54 Å². The molecule has 1 unspecified atom stereocenters. The molecule has 0 aliphatic carbocycles. The Hall–Kier alpha value is -1.55. The quantitative estimate of drug-likeness (QED) is 0.905. The Bertz CT molecular complexity index is 459. The maximum absolute atomic E-state index is 11.1. The van der Waals surface area contributed by atoms with Crippen molar-refractivity contribution in [2.45, 2.75) is 26.3 Å². The zero-order valence-electron chi connectivity index (χ0n) is 11.6. The second kappa shape index (κ2) is 6.06. The summed E-state index contributed by atoms with van der Waals surface area (Å²) in [4.78, 5) is 13.3. The van der Waals surface area contributed by atoms with Crippen LogP contribution in [-0.4, -0.2) is 36.2 Å². The lowest BCUT2D eigenvalue weighted by Crippen LogP contribution is -2.38. The first-order valence-electron chi connectivity index (χ1n) is 6.69. The van der Waals surface area contributed by atoms with Gasteiger partial charge in [0.15, 0.2) is 0 Å². The zero-order chi connectivity index (χ0) is 13.8. The van der Waals surface area contributed by atoms with Crippen LogP contribution in [0, 0.1) is 12.8 Å². The van der Waals surface area contributed by atoms with Gasteiger partial charge in [-0.3, -0.25) is 9.69 Å². The fourth-order valence-electron chi connectivity index (χ4n) is 2.62. The number of methoxy groups -OCH3 is 1. The van der Waals surface area contributed by atoms with Gasteiger partial charge in [0.2, 0.25) is 0 Å². The lowest BCUT2D eigenvalue weighted by molar-refractivity contribution is -0.143. The number of hydrogen-bond acceptors (Lipinski definition) is 3. The average Bonchev–Trinajstić information content (AvgIpc) is 2.41. The summed E-state index contributed by atoms with van der Waals surface area (Å²) in [6.07, 6.45) is 1.75. The molecular weight excluding hydrogens is 242 g/mol. The van der Waals surface area contributed by atoms with Crippen molar-refractivity contribution in [2.24, 2.45) is 5.92 Å². The summed E-state index contributed by atoms with van der Waals surface area (Å²) in [5.41, 5.74) is 2.29. The van der Waals surface area contributed by atoms with E-state index in [1.807, 2.05) is 19.1 Å². The summed E-state index contributed by atoms with van der Waals surface area (Å²) in [5, 5.41) is 9.09. The minimum Gasteiger partial charge on any atom is -0.496 e. The summed E-state index contributed by atoms with van der Waals surface area (Å²) < 4.78 is 5.32. The molecule has 4 heteroatoms. The van der Waals surface area contributed by atoms with Crippen LogP contribution in [0.4, 0.5) is 0 Å². The highest BCUT2D eigenvalue weighted by atomic mass is 16.5. The second-order valence-electron chi connectivity index (χ2n) is 5.22. The molecule has 1 aromatic carbocycles. The molecule has 1 N–H and O–H groups in total. The van der Waals surface area contributed by atoms with Crippen molar-refractivity contribution in [1.82, 2.24) is 4.90 Å². The van der Waals surface area contributed by atoms with Crippen molar-refractivity contribution in [3.8, 4) is 5.75 Å². The van der Waals surface area contributed by atoms with E-state index < -0.39 is 5.97 Å². The molecule has 0 spiro atoms. The third kappa shape index (κ3) is 3.47. The van der Waals surface area contributed by atoms with Crippen molar-refractivity contribution < 1.29 is 14.6 Å². The molecule has 1 fully saturated rings. The number of benzene rings is 1. The van der Waals surface area contributed by atoms with Crippen LogP contribution in [0.5, 0.6) is 5.75 Å².